The topological polar surface area (TPSA) is 0 Å². The van der Waals surface area contributed by atoms with Gasteiger partial charge in [-0.05, 0) is 44.1 Å². The summed E-state index contributed by atoms with van der Waals surface area (Å²) in [5, 5.41) is 0. The highest BCUT2D eigenvalue weighted by Crippen LogP contribution is 2.31. The fraction of sp³-hybridized carbons (Fsp3) is 0.667. The summed E-state index contributed by atoms with van der Waals surface area (Å²) in [5.41, 5.74) is -2.89. The average Bonchev–Trinajstić information content (AvgIpc) is 2.12. The molecule has 1 aliphatic carbocycles. The monoisotopic (exact) mass is 200 g/mol. The fourth-order valence-corrected chi connectivity index (χ4v) is 1.53. The van der Waals surface area contributed by atoms with E-state index in [0.29, 0.717) is 6.42 Å². The maximum absolute atomic E-state index is 13.9. The normalized spacial score (nSPS) is 36.3. The second-order valence-electron chi connectivity index (χ2n) is 4.20. The summed E-state index contributed by atoms with van der Waals surface area (Å²) in [6.45, 7) is 3.50. The highest BCUT2D eigenvalue weighted by molar-refractivity contribution is 5.28. The molecule has 0 unspecified atom stereocenters. The number of alkyl halides is 2. The molecule has 1 aliphatic rings. The van der Waals surface area contributed by atoms with Crippen molar-refractivity contribution in [1.82, 2.24) is 0 Å². The van der Waals surface area contributed by atoms with Gasteiger partial charge in [-0.25, -0.2) is 8.78 Å². The number of hydrogen-bond donors (Lipinski definition) is 0. The van der Waals surface area contributed by atoms with Gasteiger partial charge in [-0.3, -0.25) is 0 Å². The number of hydrogen-bond acceptors (Lipinski definition) is 0. The number of rotatable bonds is 4. The minimum Gasteiger partial charge on any atom is -0.235 e. The summed E-state index contributed by atoms with van der Waals surface area (Å²) in [6.07, 6.45) is 8.72. The van der Waals surface area contributed by atoms with E-state index in [1.807, 2.05) is 0 Å². The third-order valence-corrected chi connectivity index (χ3v) is 2.54. The lowest BCUT2D eigenvalue weighted by Gasteiger charge is -2.24. The van der Waals surface area contributed by atoms with Crippen molar-refractivity contribution in [3.05, 3.63) is 24.3 Å². The Kier molecular flexibility index (Phi) is 3.46. The van der Waals surface area contributed by atoms with E-state index in [9.17, 15) is 8.78 Å². The Bertz CT molecular complexity index is 223. The van der Waals surface area contributed by atoms with Crippen molar-refractivity contribution < 1.29 is 8.78 Å². The molecule has 0 nitrogen and oxygen atoms in total. The van der Waals surface area contributed by atoms with Crippen LogP contribution in [0.25, 0.3) is 0 Å². The lowest BCUT2D eigenvalue weighted by atomic mass is 9.89. The Labute approximate surface area is 84.7 Å². The van der Waals surface area contributed by atoms with Gasteiger partial charge in [0.15, 0.2) is 0 Å². The quantitative estimate of drug-likeness (QED) is 0.473. The summed E-state index contributed by atoms with van der Waals surface area (Å²) in [5.74, 6) is 0. The van der Waals surface area contributed by atoms with Crippen molar-refractivity contribution in [3.8, 4) is 0 Å². The van der Waals surface area contributed by atoms with E-state index in [2.05, 4.69) is 6.92 Å². The Hall–Kier alpha value is -0.660. The maximum atomic E-state index is 13.9. The van der Waals surface area contributed by atoms with E-state index in [-0.39, 0.29) is 0 Å². The molecule has 80 valence electrons. The van der Waals surface area contributed by atoms with Crippen molar-refractivity contribution in [2.75, 3.05) is 0 Å². The van der Waals surface area contributed by atoms with Gasteiger partial charge in [0, 0.05) is 0 Å². The van der Waals surface area contributed by atoms with Crippen LogP contribution in [0.15, 0.2) is 24.3 Å². The predicted molar refractivity (Wildman–Crippen MR) is 55.8 cm³/mol. The van der Waals surface area contributed by atoms with Crippen molar-refractivity contribution >= 4 is 0 Å². The summed E-state index contributed by atoms with van der Waals surface area (Å²) in [4.78, 5) is 0. The minimum atomic E-state index is -1.47. The molecule has 0 N–H and O–H groups in total. The van der Waals surface area contributed by atoms with E-state index in [0.717, 1.165) is 19.3 Å². The zero-order valence-corrected chi connectivity index (χ0v) is 8.89. The molecule has 0 aromatic heterocycles. The van der Waals surface area contributed by atoms with Gasteiger partial charge in [0.1, 0.15) is 11.3 Å². The van der Waals surface area contributed by atoms with Gasteiger partial charge in [-0.2, -0.15) is 0 Å². The molecular formula is C12H18F2. The Morgan fingerprint density at radius 3 is 2.07 bits per heavy atom. The van der Waals surface area contributed by atoms with E-state index >= 15 is 0 Å². The van der Waals surface area contributed by atoms with Gasteiger partial charge in [0.05, 0.1) is 0 Å². The molecule has 0 spiro atoms. The van der Waals surface area contributed by atoms with Crippen LogP contribution in [0.4, 0.5) is 8.78 Å². The summed E-state index contributed by atoms with van der Waals surface area (Å²) >= 11 is 0. The highest BCUT2D eigenvalue weighted by atomic mass is 19.1. The van der Waals surface area contributed by atoms with Crippen molar-refractivity contribution in [2.45, 2.75) is 50.9 Å². The Morgan fingerprint density at radius 2 is 1.57 bits per heavy atom. The molecule has 14 heavy (non-hydrogen) atoms. The molecular weight excluding hydrogens is 182 g/mol. The smallest absolute Gasteiger partial charge is 0.147 e. The number of unbranched alkanes of at least 4 members (excludes halogenated alkanes) is 2. The van der Waals surface area contributed by atoms with Crippen LogP contribution in [0.2, 0.25) is 0 Å². The second-order valence-corrected chi connectivity index (χ2v) is 4.20. The zero-order valence-electron chi connectivity index (χ0n) is 8.89. The summed E-state index contributed by atoms with van der Waals surface area (Å²) in [7, 11) is 0. The molecule has 0 radical (unpaired) electrons. The van der Waals surface area contributed by atoms with E-state index in [1.165, 1.54) is 31.2 Å². The molecule has 0 aromatic rings. The molecule has 0 amide bonds. The first-order chi connectivity index (χ1) is 6.47. The Morgan fingerprint density at radius 1 is 1.00 bits per heavy atom. The number of halogens is 2. The van der Waals surface area contributed by atoms with Crippen LogP contribution in [0, 0.1) is 0 Å². The van der Waals surface area contributed by atoms with Gasteiger partial charge in [0.25, 0.3) is 0 Å². The summed E-state index contributed by atoms with van der Waals surface area (Å²) in [6, 6.07) is 0. The molecule has 0 atom stereocenters. The lowest BCUT2D eigenvalue weighted by Crippen LogP contribution is -2.25. The fourth-order valence-electron chi connectivity index (χ4n) is 1.53. The molecule has 0 fully saturated rings. The van der Waals surface area contributed by atoms with Crippen LogP contribution in [-0.2, 0) is 0 Å². The predicted octanol–water partition coefficient (Wildman–Crippen LogP) is 4.13. The molecule has 0 bridgehead atoms. The highest BCUT2D eigenvalue weighted by Gasteiger charge is 2.29. The van der Waals surface area contributed by atoms with Crippen molar-refractivity contribution in [2.24, 2.45) is 0 Å². The largest absolute Gasteiger partial charge is 0.235 e. The average molecular weight is 200 g/mol. The molecule has 0 saturated carbocycles. The first-order valence-corrected chi connectivity index (χ1v) is 5.26. The van der Waals surface area contributed by atoms with Gasteiger partial charge in [-0.1, -0.05) is 19.8 Å². The first-order valence-electron chi connectivity index (χ1n) is 5.26. The summed E-state index contributed by atoms with van der Waals surface area (Å²) < 4.78 is 27.2. The minimum absolute atomic E-state index is 0.462. The van der Waals surface area contributed by atoms with E-state index in [1.54, 1.807) is 0 Å². The van der Waals surface area contributed by atoms with Crippen LogP contribution >= 0.6 is 0 Å². The molecule has 0 aromatic carbocycles. The van der Waals surface area contributed by atoms with Crippen molar-refractivity contribution in [3.63, 3.8) is 0 Å². The SMILES string of the molecule is CCCCCC1(F)C=CC(C)(F)C=C1. The first kappa shape index (κ1) is 11.4. The van der Waals surface area contributed by atoms with E-state index < -0.39 is 11.3 Å². The van der Waals surface area contributed by atoms with E-state index in [4.69, 9.17) is 0 Å². The third kappa shape index (κ3) is 3.24. The Balaban J connectivity index is 2.49. The van der Waals surface area contributed by atoms with Gasteiger partial charge < -0.3 is 0 Å². The molecule has 0 saturated heterocycles. The molecule has 2 heteroatoms. The molecule has 1 rings (SSSR count). The van der Waals surface area contributed by atoms with Gasteiger partial charge in [-0.15, -0.1) is 0 Å². The lowest BCUT2D eigenvalue weighted by molar-refractivity contribution is 0.247. The molecule has 0 aliphatic heterocycles. The third-order valence-electron chi connectivity index (χ3n) is 2.54. The van der Waals surface area contributed by atoms with Crippen LogP contribution in [0.1, 0.15) is 39.5 Å². The zero-order chi connectivity index (χ0) is 10.7. The second kappa shape index (κ2) is 4.24. The van der Waals surface area contributed by atoms with Crippen molar-refractivity contribution in [1.29, 1.82) is 0 Å². The standard InChI is InChI=1S/C12H18F2/c1-3-4-5-6-12(14)9-7-11(2,13)8-10-12/h7-10H,3-6H2,1-2H3. The van der Waals surface area contributed by atoms with Crippen LogP contribution in [-0.4, -0.2) is 11.3 Å². The van der Waals surface area contributed by atoms with Gasteiger partial charge >= 0.3 is 0 Å². The van der Waals surface area contributed by atoms with Crippen LogP contribution in [0.5, 0.6) is 0 Å². The molecule has 0 heterocycles. The van der Waals surface area contributed by atoms with Crippen LogP contribution < -0.4 is 0 Å². The maximum Gasteiger partial charge on any atom is 0.147 e. The van der Waals surface area contributed by atoms with Gasteiger partial charge in [0.2, 0.25) is 0 Å². The number of allylic oxidation sites excluding steroid dienone is 4. The van der Waals surface area contributed by atoms with Crippen LogP contribution in [0.3, 0.4) is 0 Å².